The summed E-state index contributed by atoms with van der Waals surface area (Å²) in [5.74, 6) is -0.115. The molecule has 1 atom stereocenters. The molecule has 19 heavy (non-hydrogen) atoms. The molecule has 106 valence electrons. The van der Waals surface area contributed by atoms with Crippen molar-refractivity contribution in [3.05, 3.63) is 28.8 Å². The molecule has 0 aliphatic carbocycles. The third-order valence-corrected chi connectivity index (χ3v) is 2.66. The minimum absolute atomic E-state index is 0.0494. The lowest BCUT2D eigenvalue weighted by Gasteiger charge is -2.18. The van der Waals surface area contributed by atoms with Gasteiger partial charge in [-0.05, 0) is 24.6 Å². The summed E-state index contributed by atoms with van der Waals surface area (Å²) in [4.78, 5) is 0. The number of hydrogen-bond donors (Lipinski definition) is 3. The molecular weight excluding hydrogens is 283 g/mol. The van der Waals surface area contributed by atoms with Crippen molar-refractivity contribution in [1.29, 1.82) is 0 Å². The molecule has 0 fully saturated rings. The number of nitrogens with zero attached hydrogens (tertiary/aromatic N) is 1. The zero-order valence-electron chi connectivity index (χ0n) is 10.0. The second kappa shape index (κ2) is 6.01. The van der Waals surface area contributed by atoms with Crippen molar-refractivity contribution < 1.29 is 18.4 Å². The maximum atomic E-state index is 12.6. The predicted molar refractivity (Wildman–Crippen MR) is 67.6 cm³/mol. The molecule has 0 heterocycles. The first-order valence-electron chi connectivity index (χ1n) is 5.39. The van der Waals surface area contributed by atoms with Gasteiger partial charge in [-0.2, -0.15) is 13.2 Å². The van der Waals surface area contributed by atoms with Crippen LogP contribution in [0.25, 0.3) is 0 Å². The van der Waals surface area contributed by atoms with Crippen molar-refractivity contribution in [2.45, 2.75) is 25.6 Å². The second-order valence-corrected chi connectivity index (χ2v) is 4.29. The van der Waals surface area contributed by atoms with Gasteiger partial charge in [0.15, 0.2) is 5.84 Å². The summed E-state index contributed by atoms with van der Waals surface area (Å²) in [6.07, 6.45) is -4.05. The Bertz CT molecular complexity index is 477. The van der Waals surface area contributed by atoms with Crippen LogP contribution in [0, 0.1) is 0 Å². The Labute approximate surface area is 113 Å². The summed E-state index contributed by atoms with van der Waals surface area (Å²) >= 11 is 5.65. The lowest BCUT2D eigenvalue weighted by molar-refractivity contribution is -0.137. The molecule has 1 unspecified atom stereocenters. The van der Waals surface area contributed by atoms with Crippen LogP contribution in [0.2, 0.25) is 5.02 Å². The molecule has 0 saturated heterocycles. The van der Waals surface area contributed by atoms with E-state index in [4.69, 9.17) is 22.5 Å². The SMILES string of the molecule is CCC(Nc1cc(Cl)cc(C(F)(F)F)c1)/C(N)=N/O. The molecule has 8 heteroatoms. The van der Waals surface area contributed by atoms with Gasteiger partial charge in [-0.25, -0.2) is 0 Å². The van der Waals surface area contributed by atoms with Crippen molar-refractivity contribution >= 4 is 23.1 Å². The maximum absolute atomic E-state index is 12.6. The third-order valence-electron chi connectivity index (χ3n) is 2.45. The third kappa shape index (κ3) is 4.20. The van der Waals surface area contributed by atoms with E-state index in [2.05, 4.69) is 10.5 Å². The molecule has 0 spiro atoms. The highest BCUT2D eigenvalue weighted by Gasteiger charge is 2.31. The quantitative estimate of drug-likeness (QED) is 0.345. The molecule has 0 amide bonds. The first kappa shape index (κ1) is 15.4. The number of oxime groups is 1. The second-order valence-electron chi connectivity index (χ2n) is 3.86. The standard InChI is InChI=1S/C11H13ClF3N3O/c1-2-9(10(16)18-19)17-8-4-6(11(13,14)15)3-7(12)5-8/h3-5,9,17,19H,2H2,1H3,(H2,16,18). The zero-order valence-corrected chi connectivity index (χ0v) is 10.8. The summed E-state index contributed by atoms with van der Waals surface area (Å²) in [7, 11) is 0. The Kier molecular flexibility index (Phi) is 4.88. The van der Waals surface area contributed by atoms with Gasteiger partial charge in [0.05, 0.1) is 11.6 Å². The fourth-order valence-corrected chi connectivity index (χ4v) is 1.73. The molecule has 0 aromatic heterocycles. The number of anilines is 1. The van der Waals surface area contributed by atoms with Crippen LogP contribution in [0.15, 0.2) is 23.4 Å². The summed E-state index contributed by atoms with van der Waals surface area (Å²) in [6, 6.07) is 2.50. The molecule has 1 aromatic carbocycles. The van der Waals surface area contributed by atoms with Gasteiger partial charge in [-0.15, -0.1) is 0 Å². The van der Waals surface area contributed by atoms with Crippen LogP contribution in [-0.4, -0.2) is 17.1 Å². The Balaban J connectivity index is 3.05. The van der Waals surface area contributed by atoms with Gasteiger partial charge in [0.1, 0.15) is 0 Å². The summed E-state index contributed by atoms with van der Waals surface area (Å²) in [5, 5.41) is 14.1. The molecule has 4 nitrogen and oxygen atoms in total. The number of amidine groups is 1. The lowest BCUT2D eigenvalue weighted by Crippen LogP contribution is -2.35. The Morgan fingerprint density at radius 3 is 2.58 bits per heavy atom. The van der Waals surface area contributed by atoms with Gasteiger partial charge in [0.25, 0.3) is 0 Å². The van der Waals surface area contributed by atoms with Crippen LogP contribution in [0.3, 0.4) is 0 Å². The van der Waals surface area contributed by atoms with Gasteiger partial charge in [-0.3, -0.25) is 0 Å². The molecular formula is C11H13ClF3N3O. The number of alkyl halides is 3. The highest BCUT2D eigenvalue weighted by atomic mass is 35.5. The number of nitrogens with one attached hydrogen (secondary N) is 1. The van der Waals surface area contributed by atoms with E-state index in [-0.39, 0.29) is 16.5 Å². The van der Waals surface area contributed by atoms with Gasteiger partial charge >= 0.3 is 6.18 Å². The minimum Gasteiger partial charge on any atom is -0.409 e. The first-order chi connectivity index (χ1) is 8.77. The van der Waals surface area contributed by atoms with Gasteiger partial charge in [0.2, 0.25) is 0 Å². The highest BCUT2D eigenvalue weighted by molar-refractivity contribution is 6.31. The molecule has 0 aliphatic heterocycles. The monoisotopic (exact) mass is 295 g/mol. The number of halogens is 4. The zero-order chi connectivity index (χ0) is 14.6. The van der Waals surface area contributed by atoms with Crippen molar-refractivity contribution in [3.63, 3.8) is 0 Å². The first-order valence-corrected chi connectivity index (χ1v) is 5.77. The number of benzene rings is 1. The van der Waals surface area contributed by atoms with E-state index < -0.39 is 17.8 Å². The molecule has 1 rings (SSSR count). The van der Waals surface area contributed by atoms with E-state index in [1.807, 2.05) is 0 Å². The molecule has 0 radical (unpaired) electrons. The van der Waals surface area contributed by atoms with Crippen LogP contribution >= 0.6 is 11.6 Å². The van der Waals surface area contributed by atoms with Crippen LogP contribution in [0.4, 0.5) is 18.9 Å². The molecule has 0 aliphatic rings. The van der Waals surface area contributed by atoms with Crippen LogP contribution < -0.4 is 11.1 Å². The fraction of sp³-hybridized carbons (Fsp3) is 0.364. The van der Waals surface area contributed by atoms with Crippen molar-refractivity contribution in [2.75, 3.05) is 5.32 Å². The van der Waals surface area contributed by atoms with E-state index >= 15 is 0 Å². The summed E-state index contributed by atoms with van der Waals surface area (Å²) in [5.41, 5.74) is 4.71. The largest absolute Gasteiger partial charge is 0.416 e. The van der Waals surface area contributed by atoms with E-state index in [9.17, 15) is 13.2 Å². The van der Waals surface area contributed by atoms with Crippen molar-refractivity contribution in [3.8, 4) is 0 Å². The smallest absolute Gasteiger partial charge is 0.409 e. The van der Waals surface area contributed by atoms with Crippen molar-refractivity contribution in [2.24, 2.45) is 10.9 Å². The Morgan fingerprint density at radius 1 is 1.47 bits per heavy atom. The average Bonchev–Trinajstić information content (AvgIpc) is 2.33. The van der Waals surface area contributed by atoms with E-state index in [1.165, 1.54) is 6.07 Å². The van der Waals surface area contributed by atoms with Crippen LogP contribution in [0.5, 0.6) is 0 Å². The van der Waals surface area contributed by atoms with Gasteiger partial charge in [-0.1, -0.05) is 23.7 Å². The molecule has 4 N–H and O–H groups in total. The molecule has 0 bridgehead atoms. The van der Waals surface area contributed by atoms with Crippen LogP contribution in [0.1, 0.15) is 18.9 Å². The minimum atomic E-state index is -4.49. The van der Waals surface area contributed by atoms with E-state index in [0.717, 1.165) is 12.1 Å². The van der Waals surface area contributed by atoms with Gasteiger partial charge in [0, 0.05) is 10.7 Å². The van der Waals surface area contributed by atoms with Gasteiger partial charge < -0.3 is 16.3 Å². The number of rotatable bonds is 4. The normalized spacial score (nSPS) is 14.3. The van der Waals surface area contributed by atoms with Crippen LogP contribution in [-0.2, 0) is 6.18 Å². The Morgan fingerprint density at radius 2 is 2.11 bits per heavy atom. The highest BCUT2D eigenvalue weighted by Crippen LogP contribution is 2.33. The molecule has 0 saturated carbocycles. The van der Waals surface area contributed by atoms with Crippen molar-refractivity contribution in [1.82, 2.24) is 0 Å². The average molecular weight is 296 g/mol. The topological polar surface area (TPSA) is 70.6 Å². The van der Waals surface area contributed by atoms with E-state index in [0.29, 0.717) is 6.42 Å². The lowest BCUT2D eigenvalue weighted by atomic mass is 10.1. The fourth-order valence-electron chi connectivity index (χ4n) is 1.49. The number of nitrogens with two attached hydrogens (primary N) is 1. The predicted octanol–water partition coefficient (Wildman–Crippen LogP) is 3.30. The summed E-state index contributed by atoms with van der Waals surface area (Å²) < 4.78 is 37.9. The summed E-state index contributed by atoms with van der Waals surface area (Å²) in [6.45, 7) is 1.74. The maximum Gasteiger partial charge on any atom is 0.416 e. The number of hydrogen-bond acceptors (Lipinski definition) is 3. The Hall–Kier alpha value is -1.63. The molecule has 1 aromatic rings. The van der Waals surface area contributed by atoms with E-state index in [1.54, 1.807) is 6.92 Å².